The van der Waals surface area contributed by atoms with E-state index < -0.39 is 0 Å². The molecule has 0 radical (unpaired) electrons. The van der Waals surface area contributed by atoms with Crippen LogP contribution in [-0.4, -0.2) is 31.7 Å². The second-order valence-electron chi connectivity index (χ2n) is 4.45. The predicted molar refractivity (Wildman–Crippen MR) is 73.0 cm³/mol. The van der Waals surface area contributed by atoms with Crippen molar-refractivity contribution in [2.75, 3.05) is 31.7 Å². The number of benzene rings is 1. The smallest absolute Gasteiger partial charge is 0.293 e. The number of rotatable bonds is 4. The molecule has 0 aromatic heterocycles. The molecule has 6 heteroatoms. The van der Waals surface area contributed by atoms with Crippen molar-refractivity contribution in [3.63, 3.8) is 0 Å². The standard InChI is InChI=1S/C12H15BrN2O3/c1-18-8-9-4-5-14(7-9)11-3-2-10(13)6-12(11)15(16)17/h2-3,6,9H,4-5,7-8H2,1H3. The lowest BCUT2D eigenvalue weighted by Crippen LogP contribution is -2.21. The molecular weight excluding hydrogens is 300 g/mol. The molecule has 1 atom stereocenters. The molecule has 2 rings (SSSR count). The molecule has 1 aliphatic heterocycles. The summed E-state index contributed by atoms with van der Waals surface area (Å²) in [6, 6.07) is 5.20. The molecule has 0 amide bonds. The summed E-state index contributed by atoms with van der Waals surface area (Å²) in [4.78, 5) is 12.8. The summed E-state index contributed by atoms with van der Waals surface area (Å²) in [6.45, 7) is 2.37. The molecule has 18 heavy (non-hydrogen) atoms. The van der Waals surface area contributed by atoms with E-state index in [9.17, 15) is 10.1 Å². The Hall–Kier alpha value is -1.14. The molecule has 0 N–H and O–H groups in total. The summed E-state index contributed by atoms with van der Waals surface area (Å²) >= 11 is 3.27. The zero-order valence-electron chi connectivity index (χ0n) is 10.1. The van der Waals surface area contributed by atoms with Gasteiger partial charge in [0.2, 0.25) is 0 Å². The average molecular weight is 315 g/mol. The molecule has 1 unspecified atom stereocenters. The topological polar surface area (TPSA) is 55.6 Å². The minimum absolute atomic E-state index is 0.155. The van der Waals surface area contributed by atoms with Crippen LogP contribution in [0.4, 0.5) is 11.4 Å². The monoisotopic (exact) mass is 314 g/mol. The highest BCUT2D eigenvalue weighted by Crippen LogP contribution is 2.34. The molecule has 98 valence electrons. The Bertz CT molecular complexity index is 453. The first-order valence-corrected chi connectivity index (χ1v) is 6.59. The molecule has 1 aromatic carbocycles. The molecule has 1 aromatic rings. The van der Waals surface area contributed by atoms with Gasteiger partial charge in [-0.3, -0.25) is 10.1 Å². The lowest BCUT2D eigenvalue weighted by molar-refractivity contribution is -0.384. The largest absolute Gasteiger partial charge is 0.384 e. The highest BCUT2D eigenvalue weighted by atomic mass is 79.9. The first kappa shape index (κ1) is 13.3. The van der Waals surface area contributed by atoms with E-state index in [4.69, 9.17) is 4.74 Å². The minimum Gasteiger partial charge on any atom is -0.384 e. The quantitative estimate of drug-likeness (QED) is 0.633. The SMILES string of the molecule is COCC1CCN(c2ccc(Br)cc2[N+](=O)[O-])C1. The zero-order valence-corrected chi connectivity index (χ0v) is 11.7. The fourth-order valence-corrected chi connectivity index (χ4v) is 2.68. The second-order valence-corrected chi connectivity index (χ2v) is 5.36. The number of anilines is 1. The van der Waals surface area contributed by atoms with Gasteiger partial charge >= 0.3 is 0 Å². The Morgan fingerprint density at radius 3 is 3.06 bits per heavy atom. The van der Waals surface area contributed by atoms with Crippen molar-refractivity contribution in [2.45, 2.75) is 6.42 Å². The lowest BCUT2D eigenvalue weighted by Gasteiger charge is -2.18. The van der Waals surface area contributed by atoms with Gasteiger partial charge in [-0.05, 0) is 18.6 Å². The number of nitrogens with zero attached hydrogens (tertiary/aromatic N) is 2. The molecule has 0 aliphatic carbocycles. The molecular formula is C12H15BrN2O3. The molecule has 1 heterocycles. The van der Waals surface area contributed by atoms with Crippen molar-refractivity contribution in [1.29, 1.82) is 0 Å². The second kappa shape index (κ2) is 5.67. The van der Waals surface area contributed by atoms with E-state index in [2.05, 4.69) is 20.8 Å². The van der Waals surface area contributed by atoms with Crippen molar-refractivity contribution in [1.82, 2.24) is 0 Å². The predicted octanol–water partition coefficient (Wildman–Crippen LogP) is 2.83. The number of halogens is 1. The molecule has 1 fully saturated rings. The van der Waals surface area contributed by atoms with Crippen LogP contribution in [0, 0.1) is 16.0 Å². The summed E-state index contributed by atoms with van der Waals surface area (Å²) in [5.74, 6) is 0.457. The first-order chi connectivity index (χ1) is 8.61. The summed E-state index contributed by atoms with van der Waals surface area (Å²) in [5, 5.41) is 11.1. The number of methoxy groups -OCH3 is 1. The fourth-order valence-electron chi connectivity index (χ4n) is 2.33. The molecule has 0 saturated carbocycles. The van der Waals surface area contributed by atoms with Crippen LogP contribution in [0.25, 0.3) is 0 Å². The lowest BCUT2D eigenvalue weighted by atomic mass is 10.1. The number of nitro groups is 1. The molecule has 5 nitrogen and oxygen atoms in total. The van der Waals surface area contributed by atoms with Crippen LogP contribution in [0.5, 0.6) is 0 Å². The van der Waals surface area contributed by atoms with Crippen LogP contribution in [0.2, 0.25) is 0 Å². The third kappa shape index (κ3) is 2.81. The van der Waals surface area contributed by atoms with E-state index in [1.54, 1.807) is 19.2 Å². The average Bonchev–Trinajstić information content (AvgIpc) is 2.78. The zero-order chi connectivity index (χ0) is 13.1. The fraction of sp³-hybridized carbons (Fsp3) is 0.500. The van der Waals surface area contributed by atoms with Crippen LogP contribution >= 0.6 is 15.9 Å². The summed E-state index contributed by atoms with van der Waals surface area (Å²) in [5.41, 5.74) is 0.851. The number of hydrogen-bond acceptors (Lipinski definition) is 4. The van der Waals surface area contributed by atoms with Gasteiger partial charge in [-0.25, -0.2) is 0 Å². The van der Waals surface area contributed by atoms with Crippen LogP contribution in [0.15, 0.2) is 22.7 Å². The highest BCUT2D eigenvalue weighted by Gasteiger charge is 2.27. The van der Waals surface area contributed by atoms with Crippen LogP contribution in [-0.2, 0) is 4.74 Å². The van der Waals surface area contributed by atoms with E-state index in [-0.39, 0.29) is 10.6 Å². The van der Waals surface area contributed by atoms with Crippen molar-refractivity contribution in [3.05, 3.63) is 32.8 Å². The maximum absolute atomic E-state index is 11.1. The van der Waals surface area contributed by atoms with Crippen LogP contribution in [0.1, 0.15) is 6.42 Å². The van der Waals surface area contributed by atoms with Gasteiger partial charge in [0, 0.05) is 36.7 Å². The minimum atomic E-state index is -0.330. The molecule has 0 bridgehead atoms. The van der Waals surface area contributed by atoms with Crippen molar-refractivity contribution < 1.29 is 9.66 Å². The van der Waals surface area contributed by atoms with Crippen molar-refractivity contribution >= 4 is 27.3 Å². The Labute approximate surface area is 114 Å². The number of nitro benzene ring substituents is 1. The third-order valence-electron chi connectivity index (χ3n) is 3.16. The van der Waals surface area contributed by atoms with Gasteiger partial charge in [-0.15, -0.1) is 0 Å². The summed E-state index contributed by atoms with van der Waals surface area (Å²) in [7, 11) is 1.69. The van der Waals surface area contributed by atoms with Gasteiger partial charge in [-0.2, -0.15) is 0 Å². The maximum Gasteiger partial charge on any atom is 0.293 e. The number of ether oxygens (including phenoxy) is 1. The third-order valence-corrected chi connectivity index (χ3v) is 3.66. The maximum atomic E-state index is 11.1. The Kier molecular flexibility index (Phi) is 4.19. The Balaban J connectivity index is 2.21. The summed E-state index contributed by atoms with van der Waals surface area (Å²) < 4.78 is 5.87. The molecule has 0 spiro atoms. The van der Waals surface area contributed by atoms with Crippen LogP contribution < -0.4 is 4.90 Å². The van der Waals surface area contributed by atoms with Gasteiger partial charge in [0.25, 0.3) is 5.69 Å². The van der Waals surface area contributed by atoms with Crippen molar-refractivity contribution in [3.8, 4) is 0 Å². The molecule has 1 aliphatic rings. The highest BCUT2D eigenvalue weighted by molar-refractivity contribution is 9.10. The molecule has 1 saturated heterocycles. The van der Waals surface area contributed by atoms with E-state index in [1.165, 1.54) is 0 Å². The van der Waals surface area contributed by atoms with Gasteiger partial charge in [0.05, 0.1) is 11.5 Å². The van der Waals surface area contributed by atoms with E-state index >= 15 is 0 Å². The Morgan fingerprint density at radius 2 is 2.39 bits per heavy atom. The van der Waals surface area contributed by atoms with E-state index in [0.29, 0.717) is 18.2 Å². The van der Waals surface area contributed by atoms with Gasteiger partial charge in [0.1, 0.15) is 5.69 Å². The van der Waals surface area contributed by atoms with E-state index in [0.717, 1.165) is 24.0 Å². The normalized spacial score (nSPS) is 19.2. The van der Waals surface area contributed by atoms with Crippen LogP contribution in [0.3, 0.4) is 0 Å². The van der Waals surface area contributed by atoms with E-state index in [1.807, 2.05) is 6.07 Å². The Morgan fingerprint density at radius 1 is 1.61 bits per heavy atom. The number of hydrogen-bond donors (Lipinski definition) is 0. The van der Waals surface area contributed by atoms with Gasteiger partial charge in [0.15, 0.2) is 0 Å². The van der Waals surface area contributed by atoms with Gasteiger partial charge < -0.3 is 9.64 Å². The van der Waals surface area contributed by atoms with Crippen molar-refractivity contribution in [2.24, 2.45) is 5.92 Å². The first-order valence-electron chi connectivity index (χ1n) is 5.79. The summed E-state index contributed by atoms with van der Waals surface area (Å²) in [6.07, 6.45) is 1.01. The van der Waals surface area contributed by atoms with Gasteiger partial charge in [-0.1, -0.05) is 15.9 Å².